The van der Waals surface area contributed by atoms with Gasteiger partial charge in [-0.3, -0.25) is 9.59 Å². The highest BCUT2D eigenvalue weighted by atomic mass is 16.2. The van der Waals surface area contributed by atoms with Crippen LogP contribution in [-0.2, 0) is 11.3 Å². The Balaban J connectivity index is 2.00. The van der Waals surface area contributed by atoms with Crippen LogP contribution in [0.2, 0.25) is 0 Å². The molecule has 29 heavy (non-hydrogen) atoms. The van der Waals surface area contributed by atoms with Crippen LogP contribution in [0.4, 0.5) is 0 Å². The molecule has 7 heteroatoms. The molecule has 2 heterocycles. The van der Waals surface area contributed by atoms with Crippen LogP contribution in [0.25, 0.3) is 22.3 Å². The van der Waals surface area contributed by atoms with E-state index < -0.39 is 0 Å². The molecular weight excluding hydrogens is 366 g/mol. The van der Waals surface area contributed by atoms with Gasteiger partial charge in [-0.25, -0.2) is 9.67 Å². The quantitative estimate of drug-likeness (QED) is 0.722. The topological polar surface area (TPSA) is 80.1 Å². The van der Waals surface area contributed by atoms with Gasteiger partial charge in [0.15, 0.2) is 5.65 Å². The molecule has 0 bridgehead atoms. The van der Waals surface area contributed by atoms with Crippen molar-refractivity contribution in [3.05, 3.63) is 48.2 Å². The number of pyridine rings is 1. The number of likely N-dealkylation sites (N-methyl/N-ethyl adjacent to an activating group) is 1. The molecule has 2 aromatic heterocycles. The Morgan fingerprint density at radius 3 is 2.48 bits per heavy atom. The third kappa shape index (κ3) is 4.62. The van der Waals surface area contributed by atoms with Gasteiger partial charge in [0.25, 0.3) is 5.91 Å². The number of carbonyl (C=O) groups is 2. The van der Waals surface area contributed by atoms with Crippen LogP contribution in [-0.4, -0.2) is 50.6 Å². The van der Waals surface area contributed by atoms with Crippen molar-refractivity contribution in [2.24, 2.45) is 0 Å². The van der Waals surface area contributed by atoms with E-state index in [1.165, 1.54) is 4.90 Å². The largest absolute Gasteiger partial charge is 0.350 e. The van der Waals surface area contributed by atoms with Crippen LogP contribution >= 0.6 is 0 Å². The molecule has 0 aliphatic heterocycles. The van der Waals surface area contributed by atoms with Gasteiger partial charge in [-0.1, -0.05) is 30.3 Å². The van der Waals surface area contributed by atoms with Crippen molar-refractivity contribution < 1.29 is 9.59 Å². The van der Waals surface area contributed by atoms with Crippen LogP contribution in [0, 0.1) is 0 Å². The first-order valence-electron chi connectivity index (χ1n) is 9.68. The molecule has 0 saturated carbocycles. The SMILES string of the molecule is CCn1ncc2c(C(=O)N(C)CC(=O)NC(C)(C)C)cc(-c3ccccc3)nc21. The highest BCUT2D eigenvalue weighted by Crippen LogP contribution is 2.25. The van der Waals surface area contributed by atoms with Crippen molar-refractivity contribution in [1.29, 1.82) is 0 Å². The number of fused-ring (bicyclic) bond motifs is 1. The fourth-order valence-corrected chi connectivity index (χ4v) is 3.16. The van der Waals surface area contributed by atoms with Crippen LogP contribution in [0.1, 0.15) is 38.1 Å². The number of amides is 2. The van der Waals surface area contributed by atoms with Crippen molar-refractivity contribution in [2.45, 2.75) is 39.8 Å². The van der Waals surface area contributed by atoms with Crippen molar-refractivity contribution in [3.8, 4) is 11.3 Å². The lowest BCUT2D eigenvalue weighted by atomic mass is 10.1. The summed E-state index contributed by atoms with van der Waals surface area (Å²) in [4.78, 5) is 31.7. The van der Waals surface area contributed by atoms with Crippen molar-refractivity contribution in [1.82, 2.24) is 25.0 Å². The summed E-state index contributed by atoms with van der Waals surface area (Å²) in [5.74, 6) is -0.444. The lowest BCUT2D eigenvalue weighted by Crippen LogP contribution is -2.46. The average Bonchev–Trinajstić information content (AvgIpc) is 3.08. The zero-order valence-corrected chi connectivity index (χ0v) is 17.6. The minimum atomic E-state index is -0.354. The van der Waals surface area contributed by atoms with Crippen LogP contribution in [0.3, 0.4) is 0 Å². The number of hydrogen-bond acceptors (Lipinski definition) is 4. The maximum absolute atomic E-state index is 13.2. The van der Waals surface area contributed by atoms with E-state index in [0.717, 1.165) is 5.56 Å². The number of nitrogens with zero attached hydrogens (tertiary/aromatic N) is 4. The fraction of sp³-hybridized carbons (Fsp3) is 0.364. The van der Waals surface area contributed by atoms with E-state index in [2.05, 4.69) is 10.4 Å². The highest BCUT2D eigenvalue weighted by Gasteiger charge is 2.22. The molecule has 0 radical (unpaired) electrons. The van der Waals surface area contributed by atoms with E-state index in [-0.39, 0.29) is 23.9 Å². The Labute approximate surface area is 170 Å². The maximum Gasteiger partial charge on any atom is 0.254 e. The van der Waals surface area contributed by atoms with E-state index in [1.54, 1.807) is 24.0 Å². The molecule has 2 amide bonds. The summed E-state index contributed by atoms with van der Waals surface area (Å²) in [5.41, 5.74) is 2.40. The van der Waals surface area contributed by atoms with Crippen molar-refractivity contribution >= 4 is 22.8 Å². The second-order valence-corrected chi connectivity index (χ2v) is 8.08. The maximum atomic E-state index is 13.2. The van der Waals surface area contributed by atoms with Crippen LogP contribution < -0.4 is 5.32 Å². The minimum absolute atomic E-state index is 0.0253. The van der Waals surface area contributed by atoms with E-state index in [4.69, 9.17) is 4.98 Å². The molecule has 0 aliphatic rings. The number of aryl methyl sites for hydroxylation is 1. The molecule has 0 spiro atoms. The summed E-state index contributed by atoms with van der Waals surface area (Å²) in [7, 11) is 1.63. The summed E-state index contributed by atoms with van der Waals surface area (Å²) in [5, 5.41) is 7.93. The summed E-state index contributed by atoms with van der Waals surface area (Å²) < 4.78 is 1.77. The van der Waals surface area contributed by atoms with Gasteiger partial charge in [0, 0.05) is 24.7 Å². The first kappa shape index (κ1) is 20.5. The molecule has 152 valence electrons. The number of hydrogen-bond donors (Lipinski definition) is 1. The lowest BCUT2D eigenvalue weighted by molar-refractivity contribution is -0.122. The first-order chi connectivity index (χ1) is 13.7. The molecule has 1 N–H and O–H groups in total. The third-order valence-electron chi connectivity index (χ3n) is 4.45. The number of carbonyl (C=O) groups excluding carboxylic acids is 2. The van der Waals surface area contributed by atoms with Gasteiger partial charge < -0.3 is 10.2 Å². The zero-order valence-electron chi connectivity index (χ0n) is 17.6. The van der Waals surface area contributed by atoms with Crippen LogP contribution in [0.5, 0.6) is 0 Å². The Morgan fingerprint density at radius 1 is 1.17 bits per heavy atom. The summed E-state index contributed by atoms with van der Waals surface area (Å²) in [6, 6.07) is 11.5. The molecule has 7 nitrogen and oxygen atoms in total. The van der Waals surface area contributed by atoms with Gasteiger partial charge in [0.1, 0.15) is 0 Å². The molecule has 0 saturated heterocycles. The summed E-state index contributed by atoms with van der Waals surface area (Å²) in [6.07, 6.45) is 1.66. The molecule has 0 atom stereocenters. The zero-order chi connectivity index (χ0) is 21.2. The summed E-state index contributed by atoms with van der Waals surface area (Å²) in [6.45, 7) is 8.32. The van der Waals surface area contributed by atoms with E-state index in [9.17, 15) is 9.59 Å². The van der Waals surface area contributed by atoms with Crippen molar-refractivity contribution in [2.75, 3.05) is 13.6 Å². The van der Waals surface area contributed by atoms with Gasteiger partial charge in [-0.15, -0.1) is 0 Å². The Morgan fingerprint density at radius 2 is 1.86 bits per heavy atom. The second kappa shape index (κ2) is 8.03. The van der Waals surface area contributed by atoms with Gasteiger partial charge in [0.2, 0.25) is 5.91 Å². The number of nitrogens with one attached hydrogen (secondary N) is 1. The summed E-state index contributed by atoms with van der Waals surface area (Å²) >= 11 is 0. The monoisotopic (exact) mass is 393 g/mol. The third-order valence-corrected chi connectivity index (χ3v) is 4.45. The van der Waals surface area contributed by atoms with Crippen LogP contribution in [0.15, 0.2) is 42.6 Å². The second-order valence-electron chi connectivity index (χ2n) is 8.08. The van der Waals surface area contributed by atoms with Gasteiger partial charge >= 0.3 is 0 Å². The predicted molar refractivity (Wildman–Crippen MR) is 113 cm³/mol. The number of benzene rings is 1. The first-order valence-corrected chi connectivity index (χ1v) is 9.68. The smallest absolute Gasteiger partial charge is 0.254 e. The Hall–Kier alpha value is -3.22. The number of rotatable bonds is 5. The van der Waals surface area contributed by atoms with Gasteiger partial charge in [0.05, 0.1) is 29.4 Å². The van der Waals surface area contributed by atoms with E-state index in [0.29, 0.717) is 28.8 Å². The fourth-order valence-electron chi connectivity index (χ4n) is 3.16. The normalized spacial score (nSPS) is 11.5. The minimum Gasteiger partial charge on any atom is -0.350 e. The Kier molecular flexibility index (Phi) is 5.68. The highest BCUT2D eigenvalue weighted by molar-refractivity contribution is 6.07. The number of aromatic nitrogens is 3. The van der Waals surface area contributed by atoms with Gasteiger partial charge in [-0.2, -0.15) is 5.10 Å². The molecule has 3 aromatic rings. The van der Waals surface area contributed by atoms with Crippen molar-refractivity contribution in [3.63, 3.8) is 0 Å². The molecule has 0 unspecified atom stereocenters. The lowest BCUT2D eigenvalue weighted by Gasteiger charge is -2.23. The van der Waals surface area contributed by atoms with E-state index >= 15 is 0 Å². The molecule has 3 rings (SSSR count). The molecule has 0 fully saturated rings. The standard InChI is InChI=1S/C22H27N5O2/c1-6-27-20-17(13-23-27)16(12-18(24-20)15-10-8-7-9-11-15)21(29)26(5)14-19(28)25-22(2,3)4/h7-13H,6,14H2,1-5H3,(H,25,28). The predicted octanol–water partition coefficient (Wildman–Crippen LogP) is 3.10. The molecule has 1 aromatic carbocycles. The average molecular weight is 393 g/mol. The molecular formula is C22H27N5O2. The Bertz CT molecular complexity index is 1030. The van der Waals surface area contributed by atoms with E-state index in [1.807, 2.05) is 58.0 Å². The molecule has 0 aliphatic carbocycles. The van der Waals surface area contributed by atoms with Gasteiger partial charge in [-0.05, 0) is 33.8 Å².